The SMILES string of the molecule is CCN=C(N)C(OC)C(C)C. The van der Waals surface area contributed by atoms with Gasteiger partial charge in [-0.05, 0) is 12.8 Å². The van der Waals surface area contributed by atoms with Crippen molar-refractivity contribution in [3.63, 3.8) is 0 Å². The number of hydrogen-bond donors (Lipinski definition) is 1. The Labute approximate surface area is 68.6 Å². The molecule has 0 aromatic carbocycles. The highest BCUT2D eigenvalue weighted by molar-refractivity contribution is 5.85. The standard InChI is InChI=1S/C8H18N2O/c1-5-10-8(9)7(11-4)6(2)3/h6-7H,5H2,1-4H3,(H2,9,10). The van der Waals surface area contributed by atoms with E-state index >= 15 is 0 Å². The van der Waals surface area contributed by atoms with E-state index in [-0.39, 0.29) is 6.10 Å². The molecule has 11 heavy (non-hydrogen) atoms. The average molecular weight is 158 g/mol. The van der Waals surface area contributed by atoms with Gasteiger partial charge in [-0.25, -0.2) is 0 Å². The molecule has 0 fully saturated rings. The fraction of sp³-hybridized carbons (Fsp3) is 0.875. The summed E-state index contributed by atoms with van der Waals surface area (Å²) in [6.45, 7) is 6.80. The maximum atomic E-state index is 5.66. The van der Waals surface area contributed by atoms with Gasteiger partial charge in [0, 0.05) is 13.7 Å². The molecule has 0 aromatic heterocycles. The van der Waals surface area contributed by atoms with E-state index < -0.39 is 0 Å². The first-order valence-electron chi connectivity index (χ1n) is 3.96. The fourth-order valence-corrected chi connectivity index (χ4v) is 1.01. The summed E-state index contributed by atoms with van der Waals surface area (Å²) >= 11 is 0. The highest BCUT2D eigenvalue weighted by Gasteiger charge is 2.15. The molecule has 1 atom stereocenters. The van der Waals surface area contributed by atoms with Gasteiger partial charge in [0.25, 0.3) is 0 Å². The molecule has 0 aliphatic heterocycles. The molecule has 0 saturated heterocycles. The molecule has 0 aromatic rings. The van der Waals surface area contributed by atoms with Crippen molar-refractivity contribution in [2.45, 2.75) is 26.9 Å². The molecular formula is C8H18N2O. The van der Waals surface area contributed by atoms with Crippen LogP contribution in [0.4, 0.5) is 0 Å². The molecule has 0 radical (unpaired) electrons. The number of nitrogens with two attached hydrogens (primary N) is 1. The summed E-state index contributed by atoms with van der Waals surface area (Å²) in [5.41, 5.74) is 5.66. The van der Waals surface area contributed by atoms with Crippen LogP contribution in [0.1, 0.15) is 20.8 Å². The maximum absolute atomic E-state index is 5.66. The molecule has 2 N–H and O–H groups in total. The number of aliphatic imine (C=N–C) groups is 1. The monoisotopic (exact) mass is 158 g/mol. The third-order valence-corrected chi connectivity index (χ3v) is 1.49. The van der Waals surface area contributed by atoms with Gasteiger partial charge in [-0.3, -0.25) is 4.99 Å². The quantitative estimate of drug-likeness (QED) is 0.491. The van der Waals surface area contributed by atoms with E-state index in [2.05, 4.69) is 18.8 Å². The largest absolute Gasteiger partial charge is 0.385 e. The summed E-state index contributed by atoms with van der Waals surface area (Å²) in [5, 5.41) is 0. The third-order valence-electron chi connectivity index (χ3n) is 1.49. The van der Waals surface area contributed by atoms with Crippen LogP contribution < -0.4 is 5.73 Å². The first kappa shape index (κ1) is 10.4. The highest BCUT2D eigenvalue weighted by atomic mass is 16.5. The number of methoxy groups -OCH3 is 1. The Kier molecular flexibility index (Phi) is 4.86. The van der Waals surface area contributed by atoms with E-state index in [0.717, 1.165) is 6.54 Å². The summed E-state index contributed by atoms with van der Waals surface area (Å²) in [5.74, 6) is 0.986. The minimum Gasteiger partial charge on any atom is -0.385 e. The van der Waals surface area contributed by atoms with Crippen molar-refractivity contribution in [3.8, 4) is 0 Å². The van der Waals surface area contributed by atoms with Crippen molar-refractivity contribution in [1.29, 1.82) is 0 Å². The number of amidine groups is 1. The van der Waals surface area contributed by atoms with Gasteiger partial charge < -0.3 is 10.5 Å². The van der Waals surface area contributed by atoms with Crippen LogP contribution in [-0.2, 0) is 4.74 Å². The molecule has 3 nitrogen and oxygen atoms in total. The molecule has 0 heterocycles. The Morgan fingerprint density at radius 1 is 1.55 bits per heavy atom. The molecule has 0 amide bonds. The zero-order valence-corrected chi connectivity index (χ0v) is 7.79. The van der Waals surface area contributed by atoms with Crippen molar-refractivity contribution < 1.29 is 4.74 Å². The van der Waals surface area contributed by atoms with Gasteiger partial charge in [0.1, 0.15) is 11.9 Å². The Morgan fingerprint density at radius 3 is 2.36 bits per heavy atom. The minimum atomic E-state index is -0.0325. The molecule has 0 spiro atoms. The molecular weight excluding hydrogens is 140 g/mol. The number of ether oxygens (including phenoxy) is 1. The Hall–Kier alpha value is -0.570. The van der Waals surface area contributed by atoms with Gasteiger partial charge in [0.15, 0.2) is 0 Å². The van der Waals surface area contributed by atoms with E-state index in [0.29, 0.717) is 11.8 Å². The van der Waals surface area contributed by atoms with E-state index in [4.69, 9.17) is 10.5 Å². The predicted molar refractivity (Wildman–Crippen MR) is 47.8 cm³/mol. The Morgan fingerprint density at radius 2 is 2.09 bits per heavy atom. The van der Waals surface area contributed by atoms with Crippen LogP contribution in [-0.4, -0.2) is 25.6 Å². The average Bonchev–Trinajstić information content (AvgIpc) is 1.88. The van der Waals surface area contributed by atoms with Crippen LogP contribution >= 0.6 is 0 Å². The van der Waals surface area contributed by atoms with Gasteiger partial charge >= 0.3 is 0 Å². The molecule has 0 aliphatic carbocycles. The van der Waals surface area contributed by atoms with Crippen LogP contribution in [0.15, 0.2) is 4.99 Å². The van der Waals surface area contributed by atoms with Crippen molar-refractivity contribution in [2.75, 3.05) is 13.7 Å². The van der Waals surface area contributed by atoms with Gasteiger partial charge in [0.2, 0.25) is 0 Å². The van der Waals surface area contributed by atoms with Gasteiger partial charge in [-0.1, -0.05) is 13.8 Å². The lowest BCUT2D eigenvalue weighted by molar-refractivity contribution is 0.117. The number of nitrogens with zero attached hydrogens (tertiary/aromatic N) is 1. The van der Waals surface area contributed by atoms with Crippen LogP contribution in [0, 0.1) is 5.92 Å². The summed E-state index contributed by atoms with van der Waals surface area (Å²) in [4.78, 5) is 4.09. The maximum Gasteiger partial charge on any atom is 0.123 e. The molecule has 66 valence electrons. The fourth-order valence-electron chi connectivity index (χ4n) is 1.01. The number of hydrogen-bond acceptors (Lipinski definition) is 2. The van der Waals surface area contributed by atoms with E-state index in [1.165, 1.54) is 0 Å². The summed E-state index contributed by atoms with van der Waals surface area (Å²) < 4.78 is 5.17. The van der Waals surface area contributed by atoms with Crippen molar-refractivity contribution in [2.24, 2.45) is 16.6 Å². The summed E-state index contributed by atoms with van der Waals surface area (Å²) in [7, 11) is 1.66. The first-order chi connectivity index (χ1) is 5.13. The second kappa shape index (κ2) is 5.13. The zero-order valence-electron chi connectivity index (χ0n) is 7.79. The number of rotatable bonds is 4. The zero-order chi connectivity index (χ0) is 8.85. The normalized spacial score (nSPS) is 15.5. The lowest BCUT2D eigenvalue weighted by Gasteiger charge is -2.18. The molecule has 1 unspecified atom stereocenters. The predicted octanol–water partition coefficient (Wildman–Crippen LogP) is 1.03. The second-order valence-electron chi connectivity index (χ2n) is 2.80. The molecule has 0 bridgehead atoms. The van der Waals surface area contributed by atoms with Gasteiger partial charge in [-0.15, -0.1) is 0 Å². The van der Waals surface area contributed by atoms with Crippen molar-refractivity contribution in [3.05, 3.63) is 0 Å². The van der Waals surface area contributed by atoms with Crippen LogP contribution in [0.5, 0.6) is 0 Å². The lowest BCUT2D eigenvalue weighted by atomic mass is 10.1. The first-order valence-corrected chi connectivity index (χ1v) is 3.96. The molecule has 0 rings (SSSR count). The molecule has 3 heteroatoms. The van der Waals surface area contributed by atoms with Crippen LogP contribution in [0.25, 0.3) is 0 Å². The smallest absolute Gasteiger partial charge is 0.123 e. The van der Waals surface area contributed by atoms with E-state index in [1.807, 2.05) is 6.92 Å². The van der Waals surface area contributed by atoms with Gasteiger partial charge in [0.05, 0.1) is 0 Å². The van der Waals surface area contributed by atoms with Crippen LogP contribution in [0.2, 0.25) is 0 Å². The van der Waals surface area contributed by atoms with E-state index in [1.54, 1.807) is 7.11 Å². The summed E-state index contributed by atoms with van der Waals surface area (Å²) in [6.07, 6.45) is -0.0325. The highest BCUT2D eigenvalue weighted by Crippen LogP contribution is 2.04. The Balaban J connectivity index is 4.13. The topological polar surface area (TPSA) is 47.6 Å². The summed E-state index contributed by atoms with van der Waals surface area (Å²) in [6, 6.07) is 0. The van der Waals surface area contributed by atoms with Crippen LogP contribution in [0.3, 0.4) is 0 Å². The second-order valence-corrected chi connectivity index (χ2v) is 2.80. The van der Waals surface area contributed by atoms with Crippen molar-refractivity contribution >= 4 is 5.84 Å². The third kappa shape index (κ3) is 3.37. The molecule has 0 saturated carbocycles. The van der Waals surface area contributed by atoms with E-state index in [9.17, 15) is 0 Å². The Bertz CT molecular complexity index is 132. The van der Waals surface area contributed by atoms with Crippen molar-refractivity contribution in [1.82, 2.24) is 0 Å². The van der Waals surface area contributed by atoms with Gasteiger partial charge in [-0.2, -0.15) is 0 Å². The lowest BCUT2D eigenvalue weighted by Crippen LogP contribution is -2.35. The minimum absolute atomic E-state index is 0.0325. The molecule has 0 aliphatic rings.